The summed E-state index contributed by atoms with van der Waals surface area (Å²) in [5.41, 5.74) is 5.58. The molecule has 0 saturated carbocycles. The Morgan fingerprint density at radius 3 is 3.06 bits per heavy atom. The number of rotatable bonds is 5. The van der Waals surface area contributed by atoms with Gasteiger partial charge in [-0.15, -0.1) is 0 Å². The van der Waals surface area contributed by atoms with Gasteiger partial charge >= 0.3 is 5.88 Å². The van der Waals surface area contributed by atoms with Crippen LogP contribution in [0.25, 0.3) is 0 Å². The van der Waals surface area contributed by atoms with E-state index in [0.29, 0.717) is 18.2 Å². The second-order valence-electron chi connectivity index (χ2n) is 4.82. The fraction of sp³-hybridized carbons (Fsp3) is 0.667. The van der Waals surface area contributed by atoms with E-state index in [0.717, 1.165) is 32.5 Å². The first kappa shape index (κ1) is 13.0. The van der Waals surface area contributed by atoms with Gasteiger partial charge in [0.15, 0.2) is 0 Å². The van der Waals surface area contributed by atoms with Crippen molar-refractivity contribution < 1.29 is 9.34 Å². The van der Waals surface area contributed by atoms with Crippen molar-refractivity contribution in [3.05, 3.63) is 28.0 Å². The third-order valence-corrected chi connectivity index (χ3v) is 3.38. The molecule has 0 aliphatic carbocycles. The van der Waals surface area contributed by atoms with Gasteiger partial charge in [-0.25, -0.2) is 0 Å². The minimum absolute atomic E-state index is 0.180. The van der Waals surface area contributed by atoms with Crippen LogP contribution < -0.4 is 5.73 Å². The Labute approximate surface area is 106 Å². The van der Waals surface area contributed by atoms with Crippen molar-refractivity contribution in [1.82, 2.24) is 4.90 Å². The minimum Gasteiger partial charge on any atom is -0.404 e. The molecule has 1 atom stereocenters. The van der Waals surface area contributed by atoms with Gasteiger partial charge in [-0.2, -0.15) is 0 Å². The van der Waals surface area contributed by atoms with Gasteiger partial charge in [-0.05, 0) is 44.3 Å². The molecule has 1 unspecified atom stereocenters. The average Bonchev–Trinajstić information content (AvgIpc) is 2.78. The van der Waals surface area contributed by atoms with Crippen LogP contribution in [0.5, 0.6) is 0 Å². The van der Waals surface area contributed by atoms with Crippen LogP contribution in [0.1, 0.15) is 25.0 Å². The summed E-state index contributed by atoms with van der Waals surface area (Å²) in [6, 6.07) is 3.10. The summed E-state index contributed by atoms with van der Waals surface area (Å²) in [5, 5.41) is 10.5. The predicted octanol–water partition coefficient (Wildman–Crippen LogP) is 1.75. The zero-order chi connectivity index (χ0) is 13.0. The molecule has 1 fully saturated rings. The van der Waals surface area contributed by atoms with Crippen LogP contribution in [0.15, 0.2) is 16.5 Å². The van der Waals surface area contributed by atoms with Crippen molar-refractivity contribution in [2.24, 2.45) is 11.7 Å². The predicted molar refractivity (Wildman–Crippen MR) is 67.0 cm³/mol. The van der Waals surface area contributed by atoms with E-state index in [1.807, 2.05) is 0 Å². The highest BCUT2D eigenvalue weighted by atomic mass is 16.6. The maximum atomic E-state index is 10.5. The van der Waals surface area contributed by atoms with Crippen LogP contribution in [0.4, 0.5) is 5.88 Å². The molecule has 0 spiro atoms. The van der Waals surface area contributed by atoms with Crippen molar-refractivity contribution in [2.75, 3.05) is 19.6 Å². The number of nitrogens with zero attached hydrogens (tertiary/aromatic N) is 2. The Morgan fingerprint density at radius 1 is 1.56 bits per heavy atom. The Balaban J connectivity index is 1.89. The largest absolute Gasteiger partial charge is 0.433 e. The number of likely N-dealkylation sites (tertiary alicyclic amines) is 1. The van der Waals surface area contributed by atoms with Crippen molar-refractivity contribution in [1.29, 1.82) is 0 Å². The van der Waals surface area contributed by atoms with Gasteiger partial charge in [0.25, 0.3) is 0 Å². The molecule has 1 saturated heterocycles. The van der Waals surface area contributed by atoms with Crippen molar-refractivity contribution >= 4 is 5.88 Å². The number of furan rings is 1. The number of hydrogen-bond donors (Lipinski definition) is 1. The summed E-state index contributed by atoms with van der Waals surface area (Å²) >= 11 is 0. The van der Waals surface area contributed by atoms with Crippen LogP contribution in [-0.2, 0) is 6.54 Å². The lowest BCUT2D eigenvalue weighted by Crippen LogP contribution is -2.35. The fourth-order valence-corrected chi connectivity index (χ4v) is 2.54. The van der Waals surface area contributed by atoms with E-state index in [4.69, 9.17) is 10.2 Å². The molecular formula is C12H19N3O3. The summed E-state index contributed by atoms with van der Waals surface area (Å²) in [6.07, 6.45) is 3.44. The molecule has 0 bridgehead atoms. The molecule has 6 nitrogen and oxygen atoms in total. The van der Waals surface area contributed by atoms with Gasteiger partial charge < -0.3 is 10.2 Å². The van der Waals surface area contributed by atoms with E-state index in [9.17, 15) is 10.1 Å². The molecular weight excluding hydrogens is 234 g/mol. The highest BCUT2D eigenvalue weighted by Gasteiger charge is 2.21. The van der Waals surface area contributed by atoms with Gasteiger partial charge in [0.05, 0.1) is 12.6 Å². The second-order valence-corrected chi connectivity index (χ2v) is 4.82. The van der Waals surface area contributed by atoms with E-state index in [2.05, 4.69) is 4.90 Å². The van der Waals surface area contributed by atoms with Crippen LogP contribution in [0.3, 0.4) is 0 Å². The third kappa shape index (κ3) is 3.30. The molecule has 0 amide bonds. The van der Waals surface area contributed by atoms with Crippen LogP contribution >= 0.6 is 0 Å². The van der Waals surface area contributed by atoms with Gasteiger partial charge in [-0.1, -0.05) is 0 Å². The van der Waals surface area contributed by atoms with E-state index >= 15 is 0 Å². The first-order valence-corrected chi connectivity index (χ1v) is 6.34. The SMILES string of the molecule is NCCC1CCCN(Cc2ccc([N+](=O)[O-])o2)C1. The Morgan fingerprint density at radius 2 is 2.39 bits per heavy atom. The number of nitro groups is 1. The molecule has 2 N–H and O–H groups in total. The van der Waals surface area contributed by atoms with Crippen LogP contribution in [-0.4, -0.2) is 29.5 Å². The number of nitrogens with two attached hydrogens (primary N) is 1. The molecule has 6 heteroatoms. The van der Waals surface area contributed by atoms with Crippen molar-refractivity contribution in [3.8, 4) is 0 Å². The van der Waals surface area contributed by atoms with Crippen LogP contribution in [0, 0.1) is 16.0 Å². The van der Waals surface area contributed by atoms with Gasteiger partial charge in [0.1, 0.15) is 10.7 Å². The van der Waals surface area contributed by atoms with E-state index in [1.165, 1.54) is 12.5 Å². The Bertz CT molecular complexity index is 403. The van der Waals surface area contributed by atoms with E-state index in [1.54, 1.807) is 6.07 Å². The molecule has 100 valence electrons. The Hall–Kier alpha value is -1.40. The quantitative estimate of drug-likeness (QED) is 0.638. The summed E-state index contributed by atoms with van der Waals surface area (Å²) in [4.78, 5) is 12.3. The van der Waals surface area contributed by atoms with Gasteiger partial charge in [0.2, 0.25) is 0 Å². The highest BCUT2D eigenvalue weighted by molar-refractivity contribution is 5.17. The molecule has 18 heavy (non-hydrogen) atoms. The molecule has 1 aromatic heterocycles. The fourth-order valence-electron chi connectivity index (χ4n) is 2.54. The summed E-state index contributed by atoms with van der Waals surface area (Å²) < 4.78 is 5.18. The molecule has 1 aromatic rings. The average molecular weight is 253 g/mol. The monoisotopic (exact) mass is 253 g/mol. The standard InChI is InChI=1S/C12H19N3O3/c13-6-5-10-2-1-7-14(8-10)9-11-3-4-12(18-11)15(16)17/h3-4,10H,1-2,5-9,13H2. The molecule has 2 heterocycles. The normalized spacial score (nSPS) is 21.1. The molecule has 1 aliphatic heterocycles. The third-order valence-electron chi connectivity index (χ3n) is 3.38. The topological polar surface area (TPSA) is 85.5 Å². The molecule has 0 aromatic carbocycles. The van der Waals surface area contributed by atoms with Gasteiger partial charge in [-0.3, -0.25) is 15.0 Å². The lowest BCUT2D eigenvalue weighted by molar-refractivity contribution is -0.402. The zero-order valence-corrected chi connectivity index (χ0v) is 10.4. The first-order valence-electron chi connectivity index (χ1n) is 6.34. The van der Waals surface area contributed by atoms with Crippen LogP contribution in [0.2, 0.25) is 0 Å². The smallest absolute Gasteiger partial charge is 0.404 e. The lowest BCUT2D eigenvalue weighted by Gasteiger charge is -2.31. The summed E-state index contributed by atoms with van der Waals surface area (Å²) in [6.45, 7) is 3.40. The van der Waals surface area contributed by atoms with Gasteiger partial charge in [0, 0.05) is 6.54 Å². The maximum Gasteiger partial charge on any atom is 0.433 e. The Kier molecular flexibility index (Phi) is 4.33. The number of hydrogen-bond acceptors (Lipinski definition) is 5. The van der Waals surface area contributed by atoms with E-state index < -0.39 is 4.92 Å². The zero-order valence-electron chi connectivity index (χ0n) is 10.4. The summed E-state index contributed by atoms with van der Waals surface area (Å²) in [5.74, 6) is 1.13. The van der Waals surface area contributed by atoms with Crippen molar-refractivity contribution in [3.63, 3.8) is 0 Å². The lowest BCUT2D eigenvalue weighted by atomic mass is 9.95. The highest BCUT2D eigenvalue weighted by Crippen LogP contribution is 2.22. The first-order chi connectivity index (χ1) is 8.69. The minimum atomic E-state index is -0.503. The second kappa shape index (κ2) is 5.97. The molecule has 2 rings (SSSR count). The van der Waals surface area contributed by atoms with E-state index in [-0.39, 0.29) is 5.88 Å². The summed E-state index contributed by atoms with van der Waals surface area (Å²) in [7, 11) is 0. The molecule has 1 aliphatic rings. The molecule has 0 radical (unpaired) electrons. The van der Waals surface area contributed by atoms with Crippen molar-refractivity contribution in [2.45, 2.75) is 25.8 Å². The maximum absolute atomic E-state index is 10.5. The number of piperidine rings is 1.